The number of nitrogens with one attached hydrogen (secondary N) is 1. The van der Waals surface area contributed by atoms with Crippen LogP contribution in [0.4, 0.5) is 5.69 Å². The van der Waals surface area contributed by atoms with E-state index in [2.05, 4.69) is 27.9 Å². The van der Waals surface area contributed by atoms with Crippen LogP contribution in [0.5, 0.6) is 0 Å². The van der Waals surface area contributed by atoms with Gasteiger partial charge in [-0.05, 0) is 78.4 Å². The number of aryl methyl sites for hydroxylation is 1. The van der Waals surface area contributed by atoms with Crippen LogP contribution in [0.3, 0.4) is 0 Å². The van der Waals surface area contributed by atoms with Crippen LogP contribution in [0.2, 0.25) is 0 Å². The number of halogens is 1. The molecule has 0 radical (unpaired) electrons. The van der Waals surface area contributed by atoms with Gasteiger partial charge in [0.05, 0.1) is 10.6 Å². The number of hydrogen-bond acceptors (Lipinski definition) is 4. The van der Waals surface area contributed by atoms with E-state index in [0.29, 0.717) is 5.69 Å². The number of rotatable bonds is 9. The summed E-state index contributed by atoms with van der Waals surface area (Å²) in [4.78, 5) is 27.6. The van der Waals surface area contributed by atoms with Crippen molar-refractivity contribution in [2.45, 2.75) is 31.3 Å². The molecule has 7 nitrogen and oxygen atoms in total. The average molecular weight is 605 g/mol. The molecule has 1 atom stereocenters. The Morgan fingerprint density at radius 2 is 1.54 bits per heavy atom. The van der Waals surface area contributed by atoms with Crippen LogP contribution in [-0.4, -0.2) is 44.8 Å². The van der Waals surface area contributed by atoms with E-state index in [0.717, 1.165) is 19.0 Å². The zero-order valence-electron chi connectivity index (χ0n) is 19.8. The van der Waals surface area contributed by atoms with Crippen molar-refractivity contribution in [3.05, 3.63) is 93.6 Å². The van der Waals surface area contributed by atoms with E-state index in [9.17, 15) is 18.0 Å². The molecule has 3 rings (SSSR count). The maximum Gasteiger partial charge on any atom is 0.264 e. The highest BCUT2D eigenvalue weighted by atomic mass is 127. The topological polar surface area (TPSA) is 86.8 Å². The normalized spacial score (nSPS) is 12.0. The van der Waals surface area contributed by atoms with E-state index < -0.39 is 28.5 Å². The van der Waals surface area contributed by atoms with Gasteiger partial charge in [-0.1, -0.05) is 48.0 Å². The molecule has 1 unspecified atom stereocenters. The summed E-state index contributed by atoms with van der Waals surface area (Å²) in [6, 6.07) is 21.7. The fourth-order valence-corrected chi connectivity index (χ4v) is 5.33. The third-order valence-electron chi connectivity index (χ3n) is 5.61. The Morgan fingerprint density at radius 3 is 2.11 bits per heavy atom. The summed E-state index contributed by atoms with van der Waals surface area (Å²) in [5, 5.41) is 2.58. The Bertz CT molecular complexity index is 1260. The van der Waals surface area contributed by atoms with Crippen molar-refractivity contribution in [1.29, 1.82) is 0 Å². The fourth-order valence-electron chi connectivity index (χ4n) is 3.54. The summed E-state index contributed by atoms with van der Waals surface area (Å²) in [7, 11) is -2.54. The number of sulfonamides is 1. The van der Waals surface area contributed by atoms with Crippen molar-refractivity contribution in [1.82, 2.24) is 10.2 Å². The standard InChI is InChI=1S/C26H28IN3O4S/c1-19-9-11-21(12-10-19)17-29(20(2)26(32)28-3)25(31)18-30(23-15-13-22(27)14-16-23)35(33,34)24-7-5-4-6-8-24/h4-16,20H,17-18H2,1-3H3,(H,28,32). The number of benzene rings is 3. The quantitative estimate of drug-likeness (QED) is 0.375. The van der Waals surface area contributed by atoms with Gasteiger partial charge in [0, 0.05) is 17.2 Å². The monoisotopic (exact) mass is 605 g/mol. The minimum Gasteiger partial charge on any atom is -0.357 e. The highest BCUT2D eigenvalue weighted by molar-refractivity contribution is 14.1. The van der Waals surface area contributed by atoms with Crippen molar-refractivity contribution < 1.29 is 18.0 Å². The molecular formula is C26H28IN3O4S. The van der Waals surface area contributed by atoms with E-state index in [1.807, 2.05) is 31.2 Å². The van der Waals surface area contributed by atoms with Gasteiger partial charge in [0.1, 0.15) is 12.6 Å². The lowest BCUT2D eigenvalue weighted by Gasteiger charge is -2.31. The zero-order valence-corrected chi connectivity index (χ0v) is 22.8. The van der Waals surface area contributed by atoms with Crippen molar-refractivity contribution in [2.24, 2.45) is 0 Å². The summed E-state index contributed by atoms with van der Waals surface area (Å²) in [5.74, 6) is -0.822. The lowest BCUT2D eigenvalue weighted by atomic mass is 10.1. The zero-order chi connectivity index (χ0) is 25.6. The Labute approximate surface area is 220 Å². The number of anilines is 1. The molecule has 1 N–H and O–H groups in total. The molecule has 35 heavy (non-hydrogen) atoms. The first kappa shape index (κ1) is 26.7. The van der Waals surface area contributed by atoms with Crippen LogP contribution >= 0.6 is 22.6 Å². The highest BCUT2D eigenvalue weighted by Crippen LogP contribution is 2.25. The van der Waals surface area contributed by atoms with Crippen LogP contribution in [0.15, 0.2) is 83.8 Å². The summed E-state index contributed by atoms with van der Waals surface area (Å²) in [5.41, 5.74) is 2.28. The van der Waals surface area contributed by atoms with Gasteiger partial charge in [-0.3, -0.25) is 13.9 Å². The third kappa shape index (κ3) is 6.61. The van der Waals surface area contributed by atoms with Gasteiger partial charge in [-0.2, -0.15) is 0 Å². The highest BCUT2D eigenvalue weighted by Gasteiger charge is 2.32. The summed E-state index contributed by atoms with van der Waals surface area (Å²) in [6.07, 6.45) is 0. The SMILES string of the molecule is CNC(=O)C(C)N(Cc1ccc(C)cc1)C(=O)CN(c1ccc(I)cc1)S(=O)(=O)c1ccccc1. The van der Waals surface area contributed by atoms with Gasteiger partial charge in [-0.15, -0.1) is 0 Å². The van der Waals surface area contributed by atoms with Crippen LogP contribution in [0.1, 0.15) is 18.1 Å². The first-order valence-corrected chi connectivity index (χ1v) is 13.6. The minimum atomic E-state index is -4.04. The molecule has 0 aromatic heterocycles. The predicted molar refractivity (Wildman–Crippen MR) is 145 cm³/mol. The molecule has 0 heterocycles. The summed E-state index contributed by atoms with van der Waals surface area (Å²) in [6.45, 7) is 3.31. The smallest absolute Gasteiger partial charge is 0.264 e. The number of carbonyl (C=O) groups excluding carboxylic acids is 2. The Balaban J connectivity index is 2.00. The molecule has 2 amide bonds. The van der Waals surface area contributed by atoms with Crippen molar-refractivity contribution in [2.75, 3.05) is 17.9 Å². The molecule has 0 saturated heterocycles. The van der Waals surface area contributed by atoms with E-state index in [1.54, 1.807) is 49.4 Å². The Kier molecular flexibility index (Phi) is 8.90. The maximum absolute atomic E-state index is 13.6. The molecule has 3 aromatic carbocycles. The van der Waals surface area contributed by atoms with Crippen LogP contribution < -0.4 is 9.62 Å². The lowest BCUT2D eigenvalue weighted by molar-refractivity contribution is -0.139. The van der Waals surface area contributed by atoms with Gasteiger partial charge < -0.3 is 10.2 Å². The van der Waals surface area contributed by atoms with E-state index in [1.165, 1.54) is 24.1 Å². The largest absolute Gasteiger partial charge is 0.357 e. The van der Waals surface area contributed by atoms with Gasteiger partial charge in [0.15, 0.2) is 0 Å². The molecule has 0 bridgehead atoms. The maximum atomic E-state index is 13.6. The molecule has 0 saturated carbocycles. The second-order valence-electron chi connectivity index (χ2n) is 8.10. The Morgan fingerprint density at radius 1 is 0.943 bits per heavy atom. The summed E-state index contributed by atoms with van der Waals surface area (Å²) < 4.78 is 29.2. The first-order chi connectivity index (χ1) is 16.6. The minimum absolute atomic E-state index is 0.0794. The predicted octanol–water partition coefficient (Wildman–Crippen LogP) is 3.96. The number of nitrogens with zero attached hydrogens (tertiary/aromatic N) is 2. The second-order valence-corrected chi connectivity index (χ2v) is 11.2. The Hall–Kier alpha value is -2.92. The lowest BCUT2D eigenvalue weighted by Crippen LogP contribution is -2.50. The fraction of sp³-hybridized carbons (Fsp3) is 0.231. The second kappa shape index (κ2) is 11.7. The number of hydrogen-bond donors (Lipinski definition) is 1. The average Bonchev–Trinajstić information content (AvgIpc) is 2.87. The van der Waals surface area contributed by atoms with E-state index in [4.69, 9.17) is 0 Å². The third-order valence-corrected chi connectivity index (χ3v) is 8.12. The molecule has 9 heteroatoms. The molecular weight excluding hydrogens is 577 g/mol. The molecule has 0 aliphatic rings. The van der Waals surface area contributed by atoms with Crippen LogP contribution in [-0.2, 0) is 26.2 Å². The molecule has 3 aromatic rings. The first-order valence-electron chi connectivity index (χ1n) is 11.0. The van der Waals surface area contributed by atoms with Crippen LogP contribution in [0, 0.1) is 10.5 Å². The molecule has 0 fully saturated rings. The van der Waals surface area contributed by atoms with Crippen LogP contribution in [0.25, 0.3) is 0 Å². The van der Waals surface area contributed by atoms with Crippen molar-refractivity contribution >= 4 is 50.1 Å². The summed E-state index contributed by atoms with van der Waals surface area (Å²) >= 11 is 2.14. The number of likely N-dealkylation sites (N-methyl/N-ethyl adjacent to an activating group) is 1. The molecule has 184 valence electrons. The molecule has 0 aliphatic heterocycles. The van der Waals surface area contributed by atoms with Crippen molar-refractivity contribution in [3.8, 4) is 0 Å². The van der Waals surface area contributed by atoms with Crippen molar-refractivity contribution in [3.63, 3.8) is 0 Å². The van der Waals surface area contributed by atoms with Gasteiger partial charge in [-0.25, -0.2) is 8.42 Å². The van der Waals surface area contributed by atoms with Gasteiger partial charge in [0.25, 0.3) is 10.0 Å². The number of amides is 2. The van der Waals surface area contributed by atoms with Gasteiger partial charge in [0.2, 0.25) is 11.8 Å². The van der Waals surface area contributed by atoms with Gasteiger partial charge >= 0.3 is 0 Å². The van der Waals surface area contributed by atoms with E-state index in [-0.39, 0.29) is 17.3 Å². The number of carbonyl (C=O) groups is 2. The molecule has 0 aliphatic carbocycles. The molecule has 0 spiro atoms. The van der Waals surface area contributed by atoms with E-state index >= 15 is 0 Å².